The summed E-state index contributed by atoms with van der Waals surface area (Å²) in [6, 6.07) is -1.28. The van der Waals surface area contributed by atoms with Crippen molar-refractivity contribution in [2.24, 2.45) is 0 Å². The first-order valence-corrected chi connectivity index (χ1v) is 6.40. The molecule has 0 radical (unpaired) electrons. The first kappa shape index (κ1) is 14.1. The Kier molecular flexibility index (Phi) is 3.69. The molecule has 0 aromatic rings. The fraction of sp³-hybridized carbons (Fsp3) is 0.833. The second-order valence-corrected chi connectivity index (χ2v) is 5.70. The molecule has 7 nitrogen and oxygen atoms in total. The molecule has 2 heterocycles. The van der Waals surface area contributed by atoms with Crippen molar-refractivity contribution < 1.29 is 24.5 Å². The van der Waals surface area contributed by atoms with E-state index in [1.165, 1.54) is 4.90 Å². The summed E-state index contributed by atoms with van der Waals surface area (Å²) in [4.78, 5) is 26.5. The van der Waals surface area contributed by atoms with Crippen molar-refractivity contribution in [2.75, 3.05) is 26.3 Å². The van der Waals surface area contributed by atoms with Crippen molar-refractivity contribution in [3.05, 3.63) is 0 Å². The molecule has 2 aliphatic heterocycles. The van der Waals surface area contributed by atoms with Crippen molar-refractivity contribution >= 4 is 12.0 Å². The minimum absolute atomic E-state index is 0.0727. The Balaban J connectivity index is 2.16. The van der Waals surface area contributed by atoms with Crippen LogP contribution in [0.25, 0.3) is 0 Å². The van der Waals surface area contributed by atoms with E-state index in [9.17, 15) is 14.7 Å². The lowest BCUT2D eigenvalue weighted by molar-refractivity contribution is -0.141. The third kappa shape index (κ3) is 2.66. The minimum Gasteiger partial charge on any atom is -0.480 e. The predicted octanol–water partition coefficient (Wildman–Crippen LogP) is -0.263. The quantitative estimate of drug-likeness (QED) is 0.686. The highest BCUT2D eigenvalue weighted by Crippen LogP contribution is 2.25. The molecule has 0 bridgehead atoms. The lowest BCUT2D eigenvalue weighted by Gasteiger charge is -2.44. The Morgan fingerprint density at radius 3 is 2.63 bits per heavy atom. The largest absolute Gasteiger partial charge is 0.480 e. The van der Waals surface area contributed by atoms with Crippen LogP contribution in [0.3, 0.4) is 0 Å². The van der Waals surface area contributed by atoms with Crippen LogP contribution in [-0.4, -0.2) is 76.0 Å². The molecule has 0 spiro atoms. The molecule has 19 heavy (non-hydrogen) atoms. The number of hydrogen-bond acceptors (Lipinski definition) is 4. The molecule has 2 amide bonds. The van der Waals surface area contributed by atoms with E-state index in [1.54, 1.807) is 4.90 Å². The van der Waals surface area contributed by atoms with Crippen LogP contribution in [-0.2, 0) is 9.53 Å². The fourth-order valence-corrected chi connectivity index (χ4v) is 2.63. The maximum Gasteiger partial charge on any atom is 0.326 e. The lowest BCUT2D eigenvalue weighted by Crippen LogP contribution is -2.60. The number of aliphatic hydroxyl groups excluding tert-OH is 1. The lowest BCUT2D eigenvalue weighted by atomic mass is 10.0. The number of ether oxygens (including phenoxy) is 1. The molecule has 2 N–H and O–H groups in total. The average molecular weight is 272 g/mol. The number of carboxylic acids is 1. The monoisotopic (exact) mass is 272 g/mol. The Morgan fingerprint density at radius 2 is 2.05 bits per heavy atom. The third-order valence-electron chi connectivity index (χ3n) is 3.69. The second-order valence-electron chi connectivity index (χ2n) is 5.70. The summed E-state index contributed by atoms with van der Waals surface area (Å²) in [5.74, 6) is -1.07. The Bertz CT molecular complexity index is 384. The molecule has 0 saturated carbocycles. The molecule has 2 fully saturated rings. The van der Waals surface area contributed by atoms with Gasteiger partial charge < -0.3 is 24.7 Å². The van der Waals surface area contributed by atoms with Crippen LogP contribution in [0.2, 0.25) is 0 Å². The van der Waals surface area contributed by atoms with E-state index in [4.69, 9.17) is 9.84 Å². The van der Waals surface area contributed by atoms with Crippen LogP contribution in [0.15, 0.2) is 0 Å². The van der Waals surface area contributed by atoms with Gasteiger partial charge in [-0.25, -0.2) is 9.59 Å². The van der Waals surface area contributed by atoms with Crippen LogP contribution in [0.4, 0.5) is 4.79 Å². The van der Waals surface area contributed by atoms with E-state index in [0.29, 0.717) is 19.8 Å². The van der Waals surface area contributed by atoms with E-state index in [1.807, 2.05) is 13.8 Å². The Labute approximate surface area is 111 Å². The van der Waals surface area contributed by atoms with Gasteiger partial charge in [0.25, 0.3) is 0 Å². The van der Waals surface area contributed by atoms with Crippen molar-refractivity contribution in [3.8, 4) is 0 Å². The molecule has 2 rings (SSSR count). The van der Waals surface area contributed by atoms with E-state index in [-0.39, 0.29) is 19.0 Å². The molecule has 2 atom stereocenters. The maximum atomic E-state index is 12.5. The van der Waals surface area contributed by atoms with Crippen molar-refractivity contribution in [3.63, 3.8) is 0 Å². The molecule has 108 valence electrons. The molecule has 0 aliphatic carbocycles. The van der Waals surface area contributed by atoms with E-state index >= 15 is 0 Å². The maximum absolute atomic E-state index is 12.5. The highest BCUT2D eigenvalue weighted by atomic mass is 16.5. The number of amides is 2. The number of morpholine rings is 1. The predicted molar refractivity (Wildman–Crippen MR) is 65.8 cm³/mol. The minimum atomic E-state index is -1.07. The number of β-amino-alcohol motifs (C(OH)–C–C–N with tert-alkyl or cyclic N) is 1. The van der Waals surface area contributed by atoms with Gasteiger partial charge in [0.05, 0.1) is 24.9 Å². The van der Waals surface area contributed by atoms with Gasteiger partial charge in [-0.2, -0.15) is 0 Å². The first-order valence-electron chi connectivity index (χ1n) is 6.40. The third-order valence-corrected chi connectivity index (χ3v) is 3.69. The summed E-state index contributed by atoms with van der Waals surface area (Å²) >= 11 is 0. The van der Waals surface area contributed by atoms with Gasteiger partial charge in [0.1, 0.15) is 6.04 Å². The number of carbonyl (C=O) groups excluding carboxylic acids is 1. The summed E-state index contributed by atoms with van der Waals surface area (Å²) in [6.07, 6.45) is -0.680. The van der Waals surface area contributed by atoms with Crippen LogP contribution >= 0.6 is 0 Å². The highest BCUT2D eigenvalue weighted by molar-refractivity contribution is 5.84. The van der Waals surface area contributed by atoms with Crippen LogP contribution in [0, 0.1) is 0 Å². The summed E-state index contributed by atoms with van der Waals surface area (Å²) < 4.78 is 5.35. The van der Waals surface area contributed by atoms with Crippen LogP contribution < -0.4 is 0 Å². The van der Waals surface area contributed by atoms with Crippen LogP contribution in [0.1, 0.15) is 20.3 Å². The smallest absolute Gasteiger partial charge is 0.326 e. The number of urea groups is 1. The van der Waals surface area contributed by atoms with Crippen molar-refractivity contribution in [1.82, 2.24) is 9.80 Å². The molecular formula is C12H20N2O5. The SMILES string of the molecule is CC1(C)COCCN1C(=O)N1C[C@H](O)C[C@@H]1C(=O)O. The van der Waals surface area contributed by atoms with E-state index < -0.39 is 23.7 Å². The van der Waals surface area contributed by atoms with E-state index in [2.05, 4.69) is 0 Å². The second kappa shape index (κ2) is 4.97. The van der Waals surface area contributed by atoms with Crippen LogP contribution in [0.5, 0.6) is 0 Å². The van der Waals surface area contributed by atoms with Crippen molar-refractivity contribution in [2.45, 2.75) is 38.0 Å². The molecular weight excluding hydrogens is 252 g/mol. The fourth-order valence-electron chi connectivity index (χ4n) is 2.63. The molecule has 2 aliphatic rings. The standard InChI is InChI=1S/C12H20N2O5/c1-12(2)7-19-4-3-14(12)11(18)13-6-8(15)5-9(13)10(16)17/h8-9,15H,3-7H2,1-2H3,(H,16,17)/t8-,9-/m1/s1. The van der Waals surface area contributed by atoms with Gasteiger partial charge in [-0.15, -0.1) is 0 Å². The molecule has 0 aromatic heterocycles. The Hall–Kier alpha value is -1.34. The molecule has 0 aromatic carbocycles. The topological polar surface area (TPSA) is 90.3 Å². The van der Waals surface area contributed by atoms with Gasteiger partial charge >= 0.3 is 12.0 Å². The van der Waals surface area contributed by atoms with Gasteiger partial charge in [-0.05, 0) is 13.8 Å². The zero-order valence-corrected chi connectivity index (χ0v) is 11.2. The summed E-state index contributed by atoms with van der Waals surface area (Å²) in [7, 11) is 0. The van der Waals surface area contributed by atoms with Gasteiger partial charge in [0, 0.05) is 19.5 Å². The number of carboxylic acid groups (broad SMARTS) is 1. The first-order chi connectivity index (χ1) is 8.83. The number of carbonyl (C=O) groups is 2. The number of rotatable bonds is 1. The highest BCUT2D eigenvalue weighted by Gasteiger charge is 2.44. The molecule has 2 saturated heterocycles. The van der Waals surface area contributed by atoms with Gasteiger partial charge in [-0.1, -0.05) is 0 Å². The average Bonchev–Trinajstić information content (AvgIpc) is 2.70. The number of aliphatic carboxylic acids is 1. The van der Waals surface area contributed by atoms with Gasteiger partial charge in [-0.3, -0.25) is 0 Å². The number of aliphatic hydroxyl groups is 1. The summed E-state index contributed by atoms with van der Waals surface area (Å²) in [5.41, 5.74) is -0.466. The number of nitrogens with zero attached hydrogens (tertiary/aromatic N) is 2. The molecule has 0 unspecified atom stereocenters. The summed E-state index contributed by atoms with van der Waals surface area (Å²) in [6.45, 7) is 5.14. The number of hydrogen-bond donors (Lipinski definition) is 2. The zero-order chi connectivity index (χ0) is 14.2. The van der Waals surface area contributed by atoms with E-state index in [0.717, 1.165) is 0 Å². The molecule has 7 heteroatoms. The zero-order valence-electron chi connectivity index (χ0n) is 11.2. The number of likely N-dealkylation sites (tertiary alicyclic amines) is 1. The Morgan fingerprint density at radius 1 is 1.37 bits per heavy atom. The normalized spacial score (nSPS) is 30.5. The summed E-state index contributed by atoms with van der Waals surface area (Å²) in [5, 5.41) is 18.7. The van der Waals surface area contributed by atoms with Gasteiger partial charge in [0.15, 0.2) is 0 Å². The van der Waals surface area contributed by atoms with Gasteiger partial charge in [0.2, 0.25) is 0 Å². The van der Waals surface area contributed by atoms with Crippen molar-refractivity contribution in [1.29, 1.82) is 0 Å².